The molecule has 4 aromatic rings. The molecular weight excluding hydrogens is 348 g/mol. The molecule has 140 valence electrons. The molecule has 1 amide bonds. The number of hydrogen-bond donors (Lipinski definition) is 3. The van der Waals surface area contributed by atoms with Gasteiger partial charge in [0.25, 0.3) is 5.91 Å². The zero-order chi connectivity index (χ0) is 19.3. The fraction of sp³-hybridized carbons (Fsp3) is 0.130. The maximum absolute atomic E-state index is 12.5. The fourth-order valence-corrected chi connectivity index (χ4v) is 3.24. The van der Waals surface area contributed by atoms with Gasteiger partial charge in [-0.05, 0) is 48.7 Å². The highest BCUT2D eigenvalue weighted by Crippen LogP contribution is 2.20. The van der Waals surface area contributed by atoms with Crippen LogP contribution in [0.5, 0.6) is 0 Å². The van der Waals surface area contributed by atoms with Gasteiger partial charge in [0.05, 0.1) is 0 Å². The summed E-state index contributed by atoms with van der Waals surface area (Å²) < 4.78 is 0. The van der Waals surface area contributed by atoms with Crippen LogP contribution in [0.25, 0.3) is 10.9 Å². The van der Waals surface area contributed by atoms with E-state index < -0.39 is 0 Å². The van der Waals surface area contributed by atoms with Gasteiger partial charge < -0.3 is 15.6 Å². The molecule has 2 aromatic carbocycles. The molecule has 0 aliphatic heterocycles. The van der Waals surface area contributed by atoms with Gasteiger partial charge in [-0.1, -0.05) is 36.4 Å². The van der Waals surface area contributed by atoms with E-state index in [9.17, 15) is 4.79 Å². The van der Waals surface area contributed by atoms with Crippen molar-refractivity contribution >= 4 is 28.3 Å². The molecular formula is C23H22N4O. The molecule has 0 radical (unpaired) electrons. The number of rotatable bonds is 6. The number of para-hydroxylation sites is 2. The van der Waals surface area contributed by atoms with E-state index in [0.717, 1.165) is 23.2 Å². The summed E-state index contributed by atoms with van der Waals surface area (Å²) in [5.41, 5.74) is 5.01. The zero-order valence-corrected chi connectivity index (χ0v) is 15.7. The highest BCUT2D eigenvalue weighted by Gasteiger charge is 2.08. The van der Waals surface area contributed by atoms with Crippen molar-refractivity contribution in [2.45, 2.75) is 13.3 Å². The number of carbonyl (C=O) groups is 1. The summed E-state index contributed by atoms with van der Waals surface area (Å²) in [7, 11) is 0. The largest absolute Gasteiger partial charge is 0.361 e. The lowest BCUT2D eigenvalue weighted by molar-refractivity contribution is 0.0954. The average Bonchev–Trinajstić information content (AvgIpc) is 3.13. The second-order valence-electron chi connectivity index (χ2n) is 6.74. The molecule has 0 bridgehead atoms. The lowest BCUT2D eigenvalue weighted by Crippen LogP contribution is -2.25. The van der Waals surface area contributed by atoms with Crippen LogP contribution in [-0.4, -0.2) is 22.4 Å². The summed E-state index contributed by atoms with van der Waals surface area (Å²) in [5.74, 6) is 0.550. The third-order valence-corrected chi connectivity index (χ3v) is 4.78. The van der Waals surface area contributed by atoms with Crippen molar-refractivity contribution < 1.29 is 4.79 Å². The van der Waals surface area contributed by atoms with E-state index in [0.29, 0.717) is 17.9 Å². The number of hydrogen-bond acceptors (Lipinski definition) is 3. The van der Waals surface area contributed by atoms with Gasteiger partial charge in [-0.15, -0.1) is 0 Å². The van der Waals surface area contributed by atoms with Crippen LogP contribution in [0.2, 0.25) is 0 Å². The number of pyridine rings is 1. The second-order valence-corrected chi connectivity index (χ2v) is 6.74. The molecule has 5 nitrogen and oxygen atoms in total. The van der Waals surface area contributed by atoms with Crippen LogP contribution in [-0.2, 0) is 6.42 Å². The Morgan fingerprint density at radius 3 is 2.79 bits per heavy atom. The van der Waals surface area contributed by atoms with Crippen molar-refractivity contribution in [2.24, 2.45) is 0 Å². The van der Waals surface area contributed by atoms with E-state index in [1.165, 1.54) is 10.9 Å². The molecule has 0 spiro atoms. The number of aromatic amines is 1. The Balaban J connectivity index is 1.39. The Bertz CT molecular complexity index is 1120. The maximum atomic E-state index is 12.5. The number of nitrogens with one attached hydrogen (secondary N) is 3. The quantitative estimate of drug-likeness (QED) is 0.465. The van der Waals surface area contributed by atoms with Crippen LogP contribution < -0.4 is 10.6 Å². The number of aromatic nitrogens is 2. The molecule has 0 aliphatic carbocycles. The van der Waals surface area contributed by atoms with Gasteiger partial charge in [0.1, 0.15) is 5.82 Å². The lowest BCUT2D eigenvalue weighted by atomic mass is 10.1. The Labute approximate surface area is 163 Å². The molecule has 0 fully saturated rings. The number of amides is 1. The number of carbonyl (C=O) groups excluding carboxylic acids is 1. The number of nitrogens with zero attached hydrogens (tertiary/aromatic N) is 1. The predicted molar refractivity (Wildman–Crippen MR) is 113 cm³/mol. The number of H-pyrrole nitrogens is 1. The van der Waals surface area contributed by atoms with E-state index in [1.807, 2.05) is 49.5 Å². The molecule has 0 aliphatic rings. The normalized spacial score (nSPS) is 10.8. The SMILES string of the molecule is Cc1ccccc1Nc1cc(C(=O)NCCc2c[nH]c3ccccc23)ccn1. The van der Waals surface area contributed by atoms with Crippen LogP contribution in [0.15, 0.2) is 73.1 Å². The summed E-state index contributed by atoms with van der Waals surface area (Å²) in [6, 6.07) is 19.7. The molecule has 4 rings (SSSR count). The van der Waals surface area contributed by atoms with Gasteiger partial charge in [0, 0.05) is 41.1 Å². The Morgan fingerprint density at radius 2 is 1.89 bits per heavy atom. The number of anilines is 2. The van der Waals surface area contributed by atoms with E-state index in [2.05, 4.69) is 32.7 Å². The zero-order valence-electron chi connectivity index (χ0n) is 15.7. The first kappa shape index (κ1) is 17.8. The van der Waals surface area contributed by atoms with Crippen molar-refractivity contribution in [2.75, 3.05) is 11.9 Å². The highest BCUT2D eigenvalue weighted by atomic mass is 16.1. The summed E-state index contributed by atoms with van der Waals surface area (Å²) >= 11 is 0. The van der Waals surface area contributed by atoms with Gasteiger partial charge >= 0.3 is 0 Å². The third-order valence-electron chi connectivity index (χ3n) is 4.78. The smallest absolute Gasteiger partial charge is 0.251 e. The molecule has 5 heteroatoms. The van der Waals surface area contributed by atoms with Crippen LogP contribution >= 0.6 is 0 Å². The summed E-state index contributed by atoms with van der Waals surface area (Å²) in [6.07, 6.45) is 4.43. The Kier molecular flexibility index (Phi) is 5.06. The Morgan fingerprint density at radius 1 is 1.07 bits per heavy atom. The maximum Gasteiger partial charge on any atom is 0.251 e. The molecule has 3 N–H and O–H groups in total. The molecule has 0 atom stereocenters. The molecule has 2 heterocycles. The van der Waals surface area contributed by atoms with Crippen molar-refractivity contribution in [1.82, 2.24) is 15.3 Å². The summed E-state index contributed by atoms with van der Waals surface area (Å²) in [5, 5.41) is 7.47. The van der Waals surface area contributed by atoms with Gasteiger partial charge in [-0.3, -0.25) is 4.79 Å². The monoisotopic (exact) mass is 370 g/mol. The van der Waals surface area contributed by atoms with Crippen LogP contribution in [0.3, 0.4) is 0 Å². The molecule has 0 saturated carbocycles. The van der Waals surface area contributed by atoms with Gasteiger partial charge in [0.2, 0.25) is 0 Å². The van der Waals surface area contributed by atoms with Crippen LogP contribution in [0.4, 0.5) is 11.5 Å². The first-order valence-electron chi connectivity index (χ1n) is 9.32. The second kappa shape index (κ2) is 7.96. The van der Waals surface area contributed by atoms with E-state index in [-0.39, 0.29) is 5.91 Å². The van der Waals surface area contributed by atoms with Crippen LogP contribution in [0, 0.1) is 6.92 Å². The molecule has 0 unspecified atom stereocenters. The van der Waals surface area contributed by atoms with E-state index in [1.54, 1.807) is 18.3 Å². The minimum absolute atomic E-state index is 0.102. The molecule has 2 aromatic heterocycles. The van der Waals surface area contributed by atoms with Gasteiger partial charge in [0.15, 0.2) is 0 Å². The number of aryl methyl sites for hydroxylation is 1. The van der Waals surface area contributed by atoms with Crippen molar-refractivity contribution in [1.29, 1.82) is 0 Å². The van der Waals surface area contributed by atoms with Crippen molar-refractivity contribution in [3.05, 3.63) is 89.7 Å². The van der Waals surface area contributed by atoms with E-state index >= 15 is 0 Å². The molecule has 0 saturated heterocycles. The predicted octanol–water partition coefficient (Wildman–Crippen LogP) is 4.59. The fourth-order valence-electron chi connectivity index (χ4n) is 3.24. The summed E-state index contributed by atoms with van der Waals surface area (Å²) in [4.78, 5) is 20.1. The van der Waals surface area contributed by atoms with Crippen molar-refractivity contribution in [3.63, 3.8) is 0 Å². The number of benzene rings is 2. The average molecular weight is 370 g/mol. The van der Waals surface area contributed by atoms with Gasteiger partial charge in [-0.25, -0.2) is 4.98 Å². The minimum Gasteiger partial charge on any atom is -0.361 e. The minimum atomic E-state index is -0.102. The molecule has 28 heavy (non-hydrogen) atoms. The standard InChI is InChI=1S/C23H22N4O/c1-16-6-2-4-8-20(16)27-22-14-17(10-12-24-22)23(28)25-13-11-18-15-26-21-9-5-3-7-19(18)21/h2-10,12,14-15,26H,11,13H2,1H3,(H,24,27)(H,25,28). The van der Waals surface area contributed by atoms with Gasteiger partial charge in [-0.2, -0.15) is 0 Å². The summed E-state index contributed by atoms with van der Waals surface area (Å²) in [6.45, 7) is 2.60. The number of fused-ring (bicyclic) bond motifs is 1. The lowest BCUT2D eigenvalue weighted by Gasteiger charge is -2.10. The first-order valence-corrected chi connectivity index (χ1v) is 9.32. The van der Waals surface area contributed by atoms with E-state index in [4.69, 9.17) is 0 Å². The van der Waals surface area contributed by atoms with Crippen LogP contribution in [0.1, 0.15) is 21.5 Å². The topological polar surface area (TPSA) is 69.8 Å². The Hall–Kier alpha value is -3.60. The highest BCUT2D eigenvalue weighted by molar-refractivity contribution is 5.95. The third kappa shape index (κ3) is 3.88. The first-order chi connectivity index (χ1) is 13.7. The van der Waals surface area contributed by atoms with Crippen molar-refractivity contribution in [3.8, 4) is 0 Å².